The summed E-state index contributed by atoms with van der Waals surface area (Å²) in [5, 5.41) is 1.28. The summed E-state index contributed by atoms with van der Waals surface area (Å²) in [6.45, 7) is 4.27. The molecule has 2 aliphatic rings. The zero-order chi connectivity index (χ0) is 21.8. The predicted molar refractivity (Wildman–Crippen MR) is 127 cm³/mol. The molecule has 2 aliphatic carbocycles. The monoisotopic (exact) mass is 424 g/mol. The van der Waals surface area contributed by atoms with Crippen molar-refractivity contribution >= 4 is 10.8 Å². The quantitative estimate of drug-likeness (QED) is 0.389. The third-order valence-corrected chi connectivity index (χ3v) is 8.04. The van der Waals surface area contributed by atoms with Crippen molar-refractivity contribution in [1.82, 2.24) is 0 Å². The summed E-state index contributed by atoms with van der Waals surface area (Å²) in [7, 11) is 0. The highest BCUT2D eigenvalue weighted by atomic mass is 19.1. The molecule has 0 N–H and O–H groups in total. The summed E-state index contributed by atoms with van der Waals surface area (Å²) in [6, 6.07) is 7.01. The van der Waals surface area contributed by atoms with E-state index in [9.17, 15) is 4.39 Å². The van der Waals surface area contributed by atoms with Gasteiger partial charge < -0.3 is 0 Å². The van der Waals surface area contributed by atoms with Crippen LogP contribution in [0.5, 0.6) is 0 Å². The zero-order valence-corrected chi connectivity index (χ0v) is 19.3. The molecule has 4 atom stereocenters. The number of benzene rings is 2. The maximum atomic E-state index is 15.2. The van der Waals surface area contributed by atoms with Crippen molar-refractivity contribution in [2.24, 2.45) is 17.8 Å². The van der Waals surface area contributed by atoms with E-state index in [0.717, 1.165) is 54.6 Å². The number of unbranched alkanes of at least 4 members (excludes halogenated alkanes) is 1. The number of hydrogen-bond acceptors (Lipinski definition) is 0. The molecule has 0 amide bonds. The number of aryl methyl sites for hydroxylation is 1. The lowest BCUT2D eigenvalue weighted by atomic mass is 9.63. The number of halogens is 2. The van der Waals surface area contributed by atoms with Crippen molar-refractivity contribution in [3.8, 4) is 0 Å². The SMILES string of the molecule is C/C=C/CCc1cc(F)c2cc([C@@H]3CC[C@@H]4CC(CCCC)CCC4C3)c(F)cc2c1. The summed E-state index contributed by atoms with van der Waals surface area (Å²) in [6.07, 6.45) is 17.2. The molecule has 0 aliphatic heterocycles. The van der Waals surface area contributed by atoms with Gasteiger partial charge in [-0.3, -0.25) is 0 Å². The Balaban J connectivity index is 1.49. The lowest BCUT2D eigenvalue weighted by molar-refractivity contribution is 0.112. The van der Waals surface area contributed by atoms with E-state index in [4.69, 9.17) is 0 Å². The van der Waals surface area contributed by atoms with Crippen molar-refractivity contribution < 1.29 is 8.78 Å². The van der Waals surface area contributed by atoms with Gasteiger partial charge in [0.2, 0.25) is 0 Å². The molecule has 0 nitrogen and oxygen atoms in total. The molecule has 2 fully saturated rings. The van der Waals surface area contributed by atoms with Gasteiger partial charge in [-0.2, -0.15) is 0 Å². The number of allylic oxidation sites excluding steroid dienone is 2. The number of fused-ring (bicyclic) bond motifs is 2. The van der Waals surface area contributed by atoms with Crippen LogP contribution in [0.25, 0.3) is 10.8 Å². The van der Waals surface area contributed by atoms with Crippen LogP contribution in [0.3, 0.4) is 0 Å². The number of rotatable bonds is 7. The highest BCUT2D eigenvalue weighted by Crippen LogP contribution is 2.49. The van der Waals surface area contributed by atoms with E-state index >= 15 is 4.39 Å². The van der Waals surface area contributed by atoms with Gasteiger partial charge in [-0.05, 0) is 110 Å². The fraction of sp³-hybridized carbons (Fsp3) is 0.586. The van der Waals surface area contributed by atoms with Crippen LogP contribution in [0.4, 0.5) is 8.78 Å². The van der Waals surface area contributed by atoms with Gasteiger partial charge in [-0.1, -0.05) is 50.8 Å². The van der Waals surface area contributed by atoms with Crippen molar-refractivity contribution in [3.63, 3.8) is 0 Å². The first-order chi connectivity index (χ1) is 15.1. The largest absolute Gasteiger partial charge is 0.207 e. The Morgan fingerprint density at radius 1 is 0.935 bits per heavy atom. The summed E-state index contributed by atoms with van der Waals surface area (Å²) in [5.41, 5.74) is 1.69. The molecule has 168 valence electrons. The molecule has 2 saturated carbocycles. The summed E-state index contributed by atoms with van der Waals surface area (Å²) >= 11 is 0. The molecule has 31 heavy (non-hydrogen) atoms. The minimum atomic E-state index is -0.209. The summed E-state index contributed by atoms with van der Waals surface area (Å²) in [5.74, 6) is 2.35. The normalized spacial score (nSPS) is 26.5. The van der Waals surface area contributed by atoms with Gasteiger partial charge in [0.05, 0.1) is 0 Å². The minimum Gasteiger partial charge on any atom is -0.207 e. The maximum Gasteiger partial charge on any atom is 0.131 e. The Kier molecular flexibility index (Phi) is 7.46. The second kappa shape index (κ2) is 10.3. The first-order valence-corrected chi connectivity index (χ1v) is 12.6. The molecule has 2 heteroatoms. The van der Waals surface area contributed by atoms with E-state index in [1.807, 2.05) is 25.1 Å². The van der Waals surface area contributed by atoms with E-state index < -0.39 is 0 Å². The first-order valence-electron chi connectivity index (χ1n) is 12.6. The molecule has 2 unspecified atom stereocenters. The van der Waals surface area contributed by atoms with Gasteiger partial charge in [-0.25, -0.2) is 8.78 Å². The Morgan fingerprint density at radius 3 is 2.55 bits per heavy atom. The molecular formula is C29H38F2. The van der Waals surface area contributed by atoms with E-state index in [0.29, 0.717) is 10.8 Å². The summed E-state index contributed by atoms with van der Waals surface area (Å²) in [4.78, 5) is 0. The van der Waals surface area contributed by atoms with E-state index in [2.05, 4.69) is 13.0 Å². The van der Waals surface area contributed by atoms with Crippen LogP contribution >= 0.6 is 0 Å². The average Bonchev–Trinajstić information content (AvgIpc) is 2.77. The van der Waals surface area contributed by atoms with E-state index in [-0.39, 0.29) is 17.6 Å². The molecule has 2 aromatic rings. The Hall–Kier alpha value is -1.70. The van der Waals surface area contributed by atoms with Crippen molar-refractivity contribution in [2.75, 3.05) is 0 Å². The average molecular weight is 425 g/mol. The second-order valence-corrected chi connectivity index (χ2v) is 10.1. The van der Waals surface area contributed by atoms with Gasteiger partial charge in [0.15, 0.2) is 0 Å². The van der Waals surface area contributed by atoms with Crippen molar-refractivity contribution in [1.29, 1.82) is 0 Å². The lowest BCUT2D eigenvalue weighted by Gasteiger charge is -2.42. The minimum absolute atomic E-state index is 0.141. The molecule has 0 saturated heterocycles. The molecule has 0 aromatic heterocycles. The van der Waals surface area contributed by atoms with Gasteiger partial charge in [0, 0.05) is 5.39 Å². The van der Waals surface area contributed by atoms with Crippen molar-refractivity contribution in [3.05, 3.63) is 59.2 Å². The van der Waals surface area contributed by atoms with E-state index in [1.165, 1.54) is 44.9 Å². The molecule has 2 aromatic carbocycles. The van der Waals surface area contributed by atoms with Crippen LogP contribution in [0, 0.1) is 29.4 Å². The third-order valence-electron chi connectivity index (χ3n) is 8.04. The van der Waals surface area contributed by atoms with Gasteiger partial charge >= 0.3 is 0 Å². The maximum absolute atomic E-state index is 15.2. The Labute approximate surface area is 187 Å². The Morgan fingerprint density at radius 2 is 1.74 bits per heavy atom. The smallest absolute Gasteiger partial charge is 0.131 e. The fourth-order valence-electron chi connectivity index (χ4n) is 6.31. The first kappa shape index (κ1) is 22.5. The molecule has 0 radical (unpaired) electrons. The zero-order valence-electron chi connectivity index (χ0n) is 19.3. The molecular weight excluding hydrogens is 386 g/mol. The van der Waals surface area contributed by atoms with Crippen LogP contribution in [0.1, 0.15) is 95.1 Å². The molecule has 0 heterocycles. The highest BCUT2D eigenvalue weighted by molar-refractivity contribution is 5.85. The number of hydrogen-bond donors (Lipinski definition) is 0. The Bertz CT molecular complexity index is 913. The van der Waals surface area contributed by atoms with Crippen LogP contribution in [0.15, 0.2) is 36.4 Å². The highest BCUT2D eigenvalue weighted by Gasteiger charge is 2.36. The van der Waals surface area contributed by atoms with Gasteiger partial charge in [-0.15, -0.1) is 0 Å². The molecule has 0 bridgehead atoms. The lowest BCUT2D eigenvalue weighted by Crippen LogP contribution is -2.30. The van der Waals surface area contributed by atoms with Crippen LogP contribution in [0.2, 0.25) is 0 Å². The fourth-order valence-corrected chi connectivity index (χ4v) is 6.31. The van der Waals surface area contributed by atoms with E-state index in [1.54, 1.807) is 12.1 Å². The van der Waals surface area contributed by atoms with Gasteiger partial charge in [0.1, 0.15) is 11.6 Å². The molecule has 4 rings (SSSR count). The second-order valence-electron chi connectivity index (χ2n) is 10.1. The van der Waals surface area contributed by atoms with Crippen LogP contribution in [-0.4, -0.2) is 0 Å². The topological polar surface area (TPSA) is 0 Å². The van der Waals surface area contributed by atoms with Gasteiger partial charge in [0.25, 0.3) is 0 Å². The van der Waals surface area contributed by atoms with Crippen molar-refractivity contribution in [2.45, 2.75) is 90.4 Å². The predicted octanol–water partition coefficient (Wildman–Crippen LogP) is 9.12. The molecule has 0 spiro atoms. The summed E-state index contributed by atoms with van der Waals surface area (Å²) < 4.78 is 30.1. The standard InChI is InChI=1S/C29H38F2/c1-3-5-7-9-21-15-25-18-29(31)26(19-27(25)28(30)16-21)24-13-12-22-14-20(8-6-4-2)10-11-23(22)17-24/h3,5,15-16,18-20,22-24H,4,6-14,17H2,1-2H3/b5-3+/t20?,22-,23?,24-/m1/s1. The van der Waals surface area contributed by atoms with Crippen LogP contribution < -0.4 is 0 Å². The van der Waals surface area contributed by atoms with Crippen LogP contribution in [-0.2, 0) is 6.42 Å². The third kappa shape index (κ3) is 5.21.